The molecule has 0 bridgehead atoms. The van der Waals surface area contributed by atoms with E-state index in [1.165, 1.54) is 7.11 Å². The number of hydrogen-bond acceptors (Lipinski definition) is 7. The molecule has 0 aromatic heterocycles. The lowest BCUT2D eigenvalue weighted by Crippen LogP contribution is -2.48. The van der Waals surface area contributed by atoms with E-state index >= 15 is 0 Å². The van der Waals surface area contributed by atoms with Crippen LogP contribution in [0.5, 0.6) is 0 Å². The predicted octanol–water partition coefficient (Wildman–Crippen LogP) is 3.70. The van der Waals surface area contributed by atoms with Gasteiger partial charge in [-0.1, -0.05) is 30.3 Å². The molecule has 1 amide bonds. The molecule has 33 heavy (non-hydrogen) atoms. The molecule has 0 atom stereocenters. The summed E-state index contributed by atoms with van der Waals surface area (Å²) in [5.41, 5.74) is 2.03. The van der Waals surface area contributed by atoms with Gasteiger partial charge >= 0.3 is 5.97 Å². The van der Waals surface area contributed by atoms with Crippen LogP contribution in [0.3, 0.4) is 0 Å². The molecule has 0 aliphatic carbocycles. The molecule has 0 spiro atoms. The van der Waals surface area contributed by atoms with Crippen LogP contribution < -0.4 is 4.31 Å². The summed E-state index contributed by atoms with van der Waals surface area (Å²) in [6.07, 6.45) is 0.632. The monoisotopic (exact) mass is 475 g/mol. The number of benzene rings is 2. The summed E-state index contributed by atoms with van der Waals surface area (Å²) < 4.78 is 28.7. The number of amides is 1. The summed E-state index contributed by atoms with van der Waals surface area (Å²) in [5.74, 6) is -0.0634. The van der Waals surface area contributed by atoms with Crippen molar-refractivity contribution in [1.82, 2.24) is 9.80 Å². The SMILES string of the molecule is COC(=O)c1ccc(CN(c2ccccc2)S(O)(O)CCCN2CCN(C(C)=O)CC2)cc1. The molecule has 3 rings (SSSR count). The standard InChI is InChI=1S/C24H33N3O5S/c1-20(28)26-16-14-25(15-17-26)13-6-18-33(30,31)27(23-7-4-3-5-8-23)19-21-9-11-22(12-10-21)24(29)32-2/h3-5,7-12,30-31H,6,13-19H2,1-2H3. The molecule has 2 N–H and O–H groups in total. The quantitative estimate of drug-likeness (QED) is 0.534. The second-order valence-electron chi connectivity index (χ2n) is 8.10. The van der Waals surface area contributed by atoms with Gasteiger partial charge in [-0.15, -0.1) is 10.8 Å². The molecule has 0 saturated carbocycles. The zero-order valence-corrected chi connectivity index (χ0v) is 20.0. The van der Waals surface area contributed by atoms with Crippen LogP contribution in [0.1, 0.15) is 29.3 Å². The Morgan fingerprint density at radius 3 is 2.21 bits per heavy atom. The topological polar surface area (TPSA) is 93.5 Å². The van der Waals surface area contributed by atoms with Crippen LogP contribution in [0.25, 0.3) is 0 Å². The van der Waals surface area contributed by atoms with Gasteiger partial charge in [0, 0.05) is 33.1 Å². The first-order valence-electron chi connectivity index (χ1n) is 11.0. The molecule has 1 heterocycles. The molecule has 8 nitrogen and oxygen atoms in total. The van der Waals surface area contributed by atoms with Gasteiger partial charge in [-0.05, 0) is 42.8 Å². The normalized spacial score (nSPS) is 15.2. The van der Waals surface area contributed by atoms with Crippen molar-refractivity contribution >= 4 is 28.3 Å². The maximum Gasteiger partial charge on any atom is 0.337 e. The minimum Gasteiger partial charge on any atom is -0.465 e. The molecular weight excluding hydrogens is 442 g/mol. The van der Waals surface area contributed by atoms with Crippen molar-refractivity contribution in [2.45, 2.75) is 19.9 Å². The first kappa shape index (κ1) is 25.0. The summed E-state index contributed by atoms with van der Waals surface area (Å²) in [5, 5.41) is 0. The van der Waals surface area contributed by atoms with Gasteiger partial charge in [-0.2, -0.15) is 0 Å². The Morgan fingerprint density at radius 1 is 1.00 bits per heavy atom. The van der Waals surface area contributed by atoms with Crippen molar-refractivity contribution in [2.75, 3.05) is 49.9 Å². The molecule has 1 saturated heterocycles. The van der Waals surface area contributed by atoms with Crippen LogP contribution in [-0.2, 0) is 16.1 Å². The number of carbonyl (C=O) groups is 2. The van der Waals surface area contributed by atoms with Gasteiger partial charge in [-0.25, -0.2) is 4.79 Å². The number of para-hydroxylation sites is 1. The fourth-order valence-corrected chi connectivity index (χ4v) is 5.42. The molecule has 1 fully saturated rings. The molecule has 0 unspecified atom stereocenters. The van der Waals surface area contributed by atoms with Gasteiger partial charge < -0.3 is 9.64 Å². The molecule has 0 radical (unpaired) electrons. The third-order valence-corrected chi connectivity index (χ3v) is 7.69. The molecule has 2 aromatic rings. The van der Waals surface area contributed by atoms with Crippen molar-refractivity contribution in [1.29, 1.82) is 0 Å². The number of nitrogens with zero attached hydrogens (tertiary/aromatic N) is 3. The number of methoxy groups -OCH3 is 1. The van der Waals surface area contributed by atoms with E-state index in [4.69, 9.17) is 4.74 Å². The van der Waals surface area contributed by atoms with Crippen LogP contribution >= 0.6 is 10.8 Å². The van der Waals surface area contributed by atoms with E-state index in [2.05, 4.69) is 4.90 Å². The predicted molar refractivity (Wildman–Crippen MR) is 131 cm³/mol. The summed E-state index contributed by atoms with van der Waals surface area (Å²) in [6.45, 7) is 5.66. The van der Waals surface area contributed by atoms with Gasteiger partial charge in [0.25, 0.3) is 0 Å². The summed E-state index contributed by atoms with van der Waals surface area (Å²) in [6, 6.07) is 16.3. The lowest BCUT2D eigenvalue weighted by atomic mass is 10.1. The van der Waals surface area contributed by atoms with Crippen molar-refractivity contribution in [2.24, 2.45) is 0 Å². The van der Waals surface area contributed by atoms with Gasteiger partial charge in [-0.3, -0.25) is 23.1 Å². The summed E-state index contributed by atoms with van der Waals surface area (Å²) in [4.78, 5) is 27.3. The maximum atomic E-state index is 11.7. The fraction of sp³-hybridized carbons (Fsp3) is 0.417. The lowest BCUT2D eigenvalue weighted by Gasteiger charge is -2.45. The van der Waals surface area contributed by atoms with E-state index in [-0.39, 0.29) is 11.7 Å². The number of esters is 1. The zero-order valence-electron chi connectivity index (χ0n) is 19.2. The third kappa shape index (κ3) is 6.94. The van der Waals surface area contributed by atoms with Gasteiger partial charge in [0.05, 0.1) is 30.7 Å². The largest absolute Gasteiger partial charge is 0.465 e. The Balaban J connectivity index is 1.64. The highest BCUT2D eigenvalue weighted by Gasteiger charge is 2.25. The molecule has 1 aliphatic rings. The minimum absolute atomic E-state index is 0.0990. The molecule has 2 aromatic carbocycles. The van der Waals surface area contributed by atoms with E-state index in [9.17, 15) is 18.7 Å². The third-order valence-electron chi connectivity index (χ3n) is 5.81. The molecular formula is C24H33N3O5S. The number of anilines is 1. The Labute approximate surface area is 197 Å². The lowest BCUT2D eigenvalue weighted by molar-refractivity contribution is -0.130. The van der Waals surface area contributed by atoms with E-state index in [1.54, 1.807) is 35.5 Å². The Morgan fingerprint density at radius 2 is 1.64 bits per heavy atom. The number of hydrogen-bond donors (Lipinski definition) is 2. The average Bonchev–Trinajstić information content (AvgIpc) is 2.83. The summed E-state index contributed by atoms with van der Waals surface area (Å²) in [7, 11) is -1.74. The minimum atomic E-state index is -3.08. The zero-order chi connectivity index (χ0) is 23.8. The highest BCUT2D eigenvalue weighted by atomic mass is 32.3. The van der Waals surface area contributed by atoms with E-state index in [0.717, 1.165) is 30.9 Å². The van der Waals surface area contributed by atoms with Crippen LogP contribution in [0.15, 0.2) is 54.6 Å². The first-order valence-corrected chi connectivity index (χ1v) is 12.7. The summed E-state index contributed by atoms with van der Waals surface area (Å²) >= 11 is 0. The Hall–Kier alpha value is -2.59. The van der Waals surface area contributed by atoms with Gasteiger partial charge in [0.15, 0.2) is 0 Å². The van der Waals surface area contributed by atoms with Gasteiger partial charge in [0.1, 0.15) is 0 Å². The van der Waals surface area contributed by atoms with Crippen molar-refractivity contribution in [3.8, 4) is 0 Å². The first-order chi connectivity index (χ1) is 15.8. The van der Waals surface area contributed by atoms with Crippen molar-refractivity contribution < 1.29 is 23.4 Å². The fourth-order valence-electron chi connectivity index (χ4n) is 3.87. The van der Waals surface area contributed by atoms with Crippen LogP contribution in [-0.4, -0.2) is 76.4 Å². The van der Waals surface area contributed by atoms with E-state index in [0.29, 0.717) is 31.6 Å². The number of carbonyl (C=O) groups excluding carboxylic acids is 2. The second-order valence-corrected chi connectivity index (χ2v) is 10.2. The Bertz CT molecular complexity index is 915. The average molecular weight is 476 g/mol. The highest BCUT2D eigenvalue weighted by Crippen LogP contribution is 2.47. The van der Waals surface area contributed by atoms with Gasteiger partial charge in [0.2, 0.25) is 5.91 Å². The van der Waals surface area contributed by atoms with Crippen molar-refractivity contribution in [3.05, 3.63) is 65.7 Å². The van der Waals surface area contributed by atoms with Crippen LogP contribution in [0.2, 0.25) is 0 Å². The number of piperazine rings is 1. The second kappa shape index (κ2) is 11.5. The van der Waals surface area contributed by atoms with Crippen LogP contribution in [0.4, 0.5) is 5.69 Å². The number of ether oxygens (including phenoxy) is 1. The molecule has 180 valence electrons. The highest BCUT2D eigenvalue weighted by molar-refractivity contribution is 8.25. The number of rotatable bonds is 9. The maximum absolute atomic E-state index is 11.7. The molecule has 9 heteroatoms. The van der Waals surface area contributed by atoms with Crippen LogP contribution in [0, 0.1) is 0 Å². The Kier molecular flexibility index (Phi) is 8.74. The van der Waals surface area contributed by atoms with Crippen molar-refractivity contribution in [3.63, 3.8) is 0 Å². The molecule has 1 aliphatic heterocycles. The van der Waals surface area contributed by atoms with E-state index < -0.39 is 16.7 Å². The smallest absolute Gasteiger partial charge is 0.337 e. The van der Waals surface area contributed by atoms with E-state index in [1.807, 2.05) is 35.2 Å².